The lowest BCUT2D eigenvalue weighted by molar-refractivity contribution is -0.329. The van der Waals surface area contributed by atoms with Crippen molar-refractivity contribution in [3.05, 3.63) is 24.2 Å². The molecule has 2 aliphatic heterocycles. The van der Waals surface area contributed by atoms with Gasteiger partial charge in [-0.25, -0.2) is 4.79 Å². The Morgan fingerprint density at radius 3 is 2.48 bits per heavy atom. The maximum atomic E-state index is 14.9. The second kappa shape index (κ2) is 7.82. The highest BCUT2D eigenvalue weighted by atomic mass is 16.7. The van der Waals surface area contributed by atoms with Gasteiger partial charge >= 0.3 is 17.9 Å². The van der Waals surface area contributed by atoms with Gasteiger partial charge in [-0.1, -0.05) is 20.8 Å². The van der Waals surface area contributed by atoms with Crippen molar-refractivity contribution in [3.63, 3.8) is 0 Å². The Balaban J connectivity index is 1.57. The summed E-state index contributed by atoms with van der Waals surface area (Å²) in [6.45, 7) is 6.48. The minimum atomic E-state index is -2.18. The molecule has 0 amide bonds. The molecule has 12 heteroatoms. The molecule has 6 aliphatic rings. The van der Waals surface area contributed by atoms with Gasteiger partial charge in [0.1, 0.15) is 22.9 Å². The summed E-state index contributed by atoms with van der Waals surface area (Å²) in [6, 6.07) is 1.68. The van der Waals surface area contributed by atoms with Crippen LogP contribution in [0, 0.1) is 34.0 Å². The lowest BCUT2D eigenvalue weighted by Gasteiger charge is -2.63. The Kier molecular flexibility index (Phi) is 5.22. The summed E-state index contributed by atoms with van der Waals surface area (Å²) in [6.07, 6.45) is 0.421. The Labute approximate surface area is 241 Å². The first-order chi connectivity index (χ1) is 19.6. The highest BCUT2D eigenvalue weighted by Gasteiger charge is 3.00. The van der Waals surface area contributed by atoms with Crippen LogP contribution in [0.4, 0.5) is 0 Å². The molecule has 2 saturated heterocycles. The summed E-state index contributed by atoms with van der Waals surface area (Å²) < 4.78 is 35.4. The number of ether oxygens (including phenoxy) is 5. The number of carbonyl (C=O) groups excluding carboxylic acids is 4. The zero-order valence-electron chi connectivity index (χ0n) is 24.4. The van der Waals surface area contributed by atoms with Crippen molar-refractivity contribution >= 4 is 23.7 Å². The van der Waals surface area contributed by atoms with Gasteiger partial charge in [0.05, 0.1) is 32.0 Å². The number of Topliss-reactive ketones (excluding diaryl/α,β-unsaturated/α-hetero) is 1. The monoisotopic (exact) mass is 588 g/mol. The number of fused-ring (bicyclic) bond motifs is 2. The third-order valence-electron chi connectivity index (χ3n) is 12.6. The van der Waals surface area contributed by atoms with Crippen LogP contribution in [0.2, 0.25) is 0 Å². The molecule has 2 N–H and O–H groups in total. The normalized spacial score (nSPS) is 52.0. The largest absolute Gasteiger partial charge is 0.472 e. The van der Waals surface area contributed by atoms with Crippen molar-refractivity contribution in [1.29, 1.82) is 0 Å². The summed E-state index contributed by atoms with van der Waals surface area (Å²) in [5, 5.41) is 25.0. The number of methoxy groups -OCH3 is 2. The molecule has 4 aliphatic carbocycles. The maximum absolute atomic E-state index is 14.9. The molecule has 3 heterocycles. The number of rotatable bonds is 5. The number of furan rings is 1. The van der Waals surface area contributed by atoms with E-state index < -0.39 is 98.9 Å². The highest BCUT2D eigenvalue weighted by Crippen LogP contribution is 2.88. The standard InChI is InChI=1S/C30H36O12/c1-14(31)41-27-13-24(2)19(18(33)21(34)37-5)26(27,4)16-7-9-25(3)20(15-8-10-39-12-15)40-17(32)11-28(25)29(16,36)22(27)30(38-6,42-28)23(24)35/h8,10,12,16,18-20,22,33,36H,7,9,11,13H2,1-6H3/t16?,18?,19-,20-,22?,24+,25-,26-,27?,28?,29+,30?/m0/s1. The molecule has 0 aromatic carbocycles. The molecule has 4 saturated carbocycles. The maximum Gasteiger partial charge on any atom is 0.335 e. The molecular formula is C30H36O12. The highest BCUT2D eigenvalue weighted by molar-refractivity contribution is 5.97. The van der Waals surface area contributed by atoms with Gasteiger partial charge in [-0.05, 0) is 18.9 Å². The van der Waals surface area contributed by atoms with E-state index in [0.717, 1.165) is 7.11 Å². The van der Waals surface area contributed by atoms with Crippen LogP contribution < -0.4 is 0 Å². The lowest BCUT2D eigenvalue weighted by Crippen LogP contribution is -2.73. The second-order valence-corrected chi connectivity index (χ2v) is 13.8. The van der Waals surface area contributed by atoms with Crippen LogP contribution in [0.15, 0.2) is 23.0 Å². The number of hydrogen-bond donors (Lipinski definition) is 2. The summed E-state index contributed by atoms with van der Waals surface area (Å²) in [5.41, 5.74) is -8.73. The Hall–Kier alpha value is -2.80. The van der Waals surface area contributed by atoms with Gasteiger partial charge in [-0.2, -0.15) is 0 Å². The zero-order chi connectivity index (χ0) is 30.5. The van der Waals surface area contributed by atoms with E-state index in [4.69, 9.17) is 28.1 Å². The molecule has 2 bridgehead atoms. The van der Waals surface area contributed by atoms with Crippen LogP contribution in [0.5, 0.6) is 0 Å². The molecule has 6 unspecified atom stereocenters. The van der Waals surface area contributed by atoms with E-state index in [0.29, 0.717) is 18.4 Å². The lowest BCUT2D eigenvalue weighted by atomic mass is 9.45. The first-order valence-corrected chi connectivity index (χ1v) is 14.3. The quantitative estimate of drug-likeness (QED) is 0.377. The molecule has 6 fully saturated rings. The van der Waals surface area contributed by atoms with E-state index in [1.165, 1.54) is 26.6 Å². The van der Waals surface area contributed by atoms with Crippen molar-refractivity contribution < 1.29 is 57.5 Å². The minimum absolute atomic E-state index is 0.0893. The van der Waals surface area contributed by atoms with Crippen LogP contribution in [0.25, 0.3) is 0 Å². The SMILES string of the molecule is COC(=O)C(O)[C@H]1[C@@]2(C)CC3(OC(C)=O)C4C(OC)(OC56CC(=O)O[C@@H](c7ccoc7)[C@]5(C)CCC([C@@]46O)[C@@]13C)C2=O. The van der Waals surface area contributed by atoms with Crippen LogP contribution in [-0.4, -0.2) is 76.8 Å². The van der Waals surface area contributed by atoms with Gasteiger partial charge in [0.15, 0.2) is 11.9 Å². The Morgan fingerprint density at radius 1 is 1.17 bits per heavy atom. The van der Waals surface area contributed by atoms with E-state index in [2.05, 4.69) is 0 Å². The van der Waals surface area contributed by atoms with E-state index in [1.807, 2.05) is 6.92 Å². The number of aliphatic hydroxyl groups excluding tert-OH is 1. The molecule has 228 valence electrons. The summed E-state index contributed by atoms with van der Waals surface area (Å²) in [4.78, 5) is 54.3. The van der Waals surface area contributed by atoms with Crippen LogP contribution >= 0.6 is 0 Å². The topological polar surface area (TPSA) is 168 Å². The average molecular weight is 589 g/mol. The number of aliphatic hydroxyl groups is 2. The predicted molar refractivity (Wildman–Crippen MR) is 137 cm³/mol. The van der Waals surface area contributed by atoms with Crippen molar-refractivity contribution in [2.75, 3.05) is 14.2 Å². The van der Waals surface area contributed by atoms with Crippen molar-refractivity contribution in [2.45, 2.75) is 88.2 Å². The van der Waals surface area contributed by atoms with Crippen molar-refractivity contribution in [2.24, 2.45) is 34.0 Å². The van der Waals surface area contributed by atoms with E-state index in [1.54, 1.807) is 19.9 Å². The first-order valence-electron chi connectivity index (χ1n) is 14.3. The first kappa shape index (κ1) is 28.0. The van der Waals surface area contributed by atoms with E-state index in [-0.39, 0.29) is 6.42 Å². The molecule has 42 heavy (non-hydrogen) atoms. The molecule has 7 rings (SSSR count). The van der Waals surface area contributed by atoms with E-state index >= 15 is 0 Å². The second-order valence-electron chi connectivity index (χ2n) is 13.8. The molecule has 1 aromatic heterocycles. The van der Waals surface area contributed by atoms with Crippen molar-refractivity contribution in [3.8, 4) is 0 Å². The van der Waals surface area contributed by atoms with Crippen LogP contribution in [0.1, 0.15) is 65.0 Å². The third-order valence-corrected chi connectivity index (χ3v) is 12.6. The number of hydrogen-bond acceptors (Lipinski definition) is 12. The molecule has 1 aromatic rings. The molecular weight excluding hydrogens is 552 g/mol. The van der Waals surface area contributed by atoms with Gasteiger partial charge in [0.25, 0.3) is 0 Å². The predicted octanol–water partition coefficient (Wildman–Crippen LogP) is 1.61. The van der Waals surface area contributed by atoms with Gasteiger partial charge < -0.3 is 38.3 Å². The molecule has 1 spiro atoms. The number of carbonyl (C=O) groups is 4. The fourth-order valence-corrected chi connectivity index (χ4v) is 11.5. The Bertz CT molecular complexity index is 1420. The zero-order valence-corrected chi connectivity index (χ0v) is 24.4. The van der Waals surface area contributed by atoms with E-state index in [9.17, 15) is 29.4 Å². The fourth-order valence-electron chi connectivity index (χ4n) is 11.5. The Morgan fingerprint density at radius 2 is 1.88 bits per heavy atom. The van der Waals surface area contributed by atoms with Gasteiger partial charge in [0.2, 0.25) is 5.79 Å². The van der Waals surface area contributed by atoms with Crippen LogP contribution in [-0.2, 0) is 42.9 Å². The van der Waals surface area contributed by atoms with Gasteiger partial charge in [-0.15, -0.1) is 0 Å². The summed E-state index contributed by atoms with van der Waals surface area (Å²) in [5.74, 6) is -8.27. The number of cyclic esters (lactones) is 1. The summed E-state index contributed by atoms with van der Waals surface area (Å²) >= 11 is 0. The average Bonchev–Trinajstić information content (AvgIpc) is 3.61. The summed E-state index contributed by atoms with van der Waals surface area (Å²) in [7, 11) is 2.42. The molecule has 12 atom stereocenters. The number of esters is 3. The van der Waals surface area contributed by atoms with Gasteiger partial charge in [-0.3, -0.25) is 14.4 Å². The molecule has 0 radical (unpaired) electrons. The molecule has 12 nitrogen and oxygen atoms in total. The van der Waals surface area contributed by atoms with Crippen LogP contribution in [0.3, 0.4) is 0 Å². The van der Waals surface area contributed by atoms with Gasteiger partial charge in [0, 0.05) is 54.1 Å². The third kappa shape index (κ3) is 2.48. The smallest absolute Gasteiger partial charge is 0.335 e. The minimum Gasteiger partial charge on any atom is -0.472 e. The number of ketones is 1. The van der Waals surface area contributed by atoms with Crippen molar-refractivity contribution in [1.82, 2.24) is 0 Å². The fraction of sp³-hybridized carbons (Fsp3) is 0.733.